The highest BCUT2D eigenvalue weighted by Gasteiger charge is 2.48. The van der Waals surface area contributed by atoms with Crippen molar-refractivity contribution < 1.29 is 37.0 Å². The van der Waals surface area contributed by atoms with Gasteiger partial charge >= 0.3 is 18.1 Å². The third-order valence-corrected chi connectivity index (χ3v) is 8.17. The Kier molecular flexibility index (Phi) is 8.80. The zero-order chi connectivity index (χ0) is 29.4. The van der Waals surface area contributed by atoms with Gasteiger partial charge in [0, 0.05) is 10.9 Å². The Morgan fingerprint density at radius 3 is 2.40 bits per heavy atom. The van der Waals surface area contributed by atoms with Gasteiger partial charge in [-0.05, 0) is 44.0 Å². The van der Waals surface area contributed by atoms with Crippen LogP contribution in [0.15, 0.2) is 28.7 Å². The molecule has 2 atom stereocenters. The number of alkyl halides is 3. The fourth-order valence-electron chi connectivity index (χ4n) is 4.25. The molecule has 1 aliphatic rings. The highest BCUT2D eigenvalue weighted by molar-refractivity contribution is 9.10. The molecule has 0 bridgehead atoms. The Hall–Kier alpha value is -3.10. The van der Waals surface area contributed by atoms with Crippen LogP contribution in [0.2, 0.25) is 5.02 Å². The van der Waals surface area contributed by atoms with Crippen molar-refractivity contribution >= 4 is 67.5 Å². The lowest BCUT2D eigenvalue weighted by molar-refractivity contribution is -0.173. The molecule has 214 valence electrons. The Labute approximate surface area is 244 Å². The van der Waals surface area contributed by atoms with E-state index in [4.69, 9.17) is 21.1 Å². The van der Waals surface area contributed by atoms with Crippen molar-refractivity contribution in [1.29, 1.82) is 0 Å². The van der Waals surface area contributed by atoms with Crippen LogP contribution in [0.1, 0.15) is 74.0 Å². The van der Waals surface area contributed by atoms with Crippen LogP contribution in [0, 0.1) is 6.92 Å². The lowest BCUT2D eigenvalue weighted by Crippen LogP contribution is -2.35. The average Bonchev–Trinajstić information content (AvgIpc) is 3.40. The minimum absolute atomic E-state index is 0.0277. The number of carbonyl (C=O) groups excluding carboxylic acids is 3. The number of anilines is 2. The van der Waals surface area contributed by atoms with Crippen LogP contribution >= 0.6 is 38.9 Å². The molecule has 9 nitrogen and oxygen atoms in total. The maximum atomic E-state index is 14.1. The first kappa shape index (κ1) is 29.9. The van der Waals surface area contributed by atoms with Crippen molar-refractivity contribution in [3.63, 3.8) is 0 Å². The molecule has 0 saturated carbocycles. The van der Waals surface area contributed by atoms with E-state index in [-0.39, 0.29) is 45.1 Å². The number of benzene rings is 1. The second-order valence-corrected chi connectivity index (χ2v) is 11.0. The summed E-state index contributed by atoms with van der Waals surface area (Å²) in [6, 6.07) is 3.95. The first-order valence-electron chi connectivity index (χ1n) is 12.0. The summed E-state index contributed by atoms with van der Waals surface area (Å²) in [5.74, 6) is -2.65. The molecule has 0 aliphatic carbocycles. The van der Waals surface area contributed by atoms with Gasteiger partial charge in [0.15, 0.2) is 11.7 Å². The number of thiophene rings is 1. The molecule has 4 rings (SSSR count). The molecule has 0 fully saturated rings. The summed E-state index contributed by atoms with van der Waals surface area (Å²) in [4.78, 5) is 38.4. The Morgan fingerprint density at radius 1 is 1.18 bits per heavy atom. The molecule has 1 aromatic carbocycles. The molecule has 2 aromatic heterocycles. The number of nitrogens with one attached hydrogen (secondary N) is 2. The summed E-state index contributed by atoms with van der Waals surface area (Å²) in [6.07, 6.45) is -5.08. The van der Waals surface area contributed by atoms with Crippen LogP contribution < -0.4 is 10.6 Å². The lowest BCUT2D eigenvalue weighted by atomic mass is 9.97. The van der Waals surface area contributed by atoms with Crippen LogP contribution in [0.25, 0.3) is 0 Å². The summed E-state index contributed by atoms with van der Waals surface area (Å²) in [5.41, 5.74) is 0.244. The van der Waals surface area contributed by atoms with Crippen LogP contribution in [0.5, 0.6) is 0 Å². The van der Waals surface area contributed by atoms with Gasteiger partial charge in [0.1, 0.15) is 20.7 Å². The van der Waals surface area contributed by atoms with Gasteiger partial charge < -0.3 is 20.1 Å². The average molecular weight is 664 g/mol. The molecule has 1 aliphatic heterocycles. The molecule has 3 aromatic rings. The Balaban J connectivity index is 1.72. The molecule has 2 unspecified atom stereocenters. The SMILES string of the molecule is CCOC(=O)c1sc(NC(=O)c2nn3c(c2Cl)NC(c2ccc(Br)cc2)CC3C(F)(F)F)c(C(=O)OCC)c1C. The maximum absolute atomic E-state index is 14.1. The Bertz CT molecular complexity index is 1460. The fourth-order valence-corrected chi connectivity index (χ4v) is 5.87. The number of amides is 1. The van der Waals surface area contributed by atoms with Gasteiger partial charge in [0.2, 0.25) is 0 Å². The van der Waals surface area contributed by atoms with E-state index >= 15 is 0 Å². The van der Waals surface area contributed by atoms with Gasteiger partial charge in [-0.1, -0.05) is 39.7 Å². The second kappa shape index (κ2) is 11.8. The predicted octanol–water partition coefficient (Wildman–Crippen LogP) is 6.93. The van der Waals surface area contributed by atoms with E-state index in [0.29, 0.717) is 10.2 Å². The lowest BCUT2D eigenvalue weighted by Gasteiger charge is -2.33. The normalized spacial score (nSPS) is 16.6. The van der Waals surface area contributed by atoms with E-state index in [2.05, 4.69) is 31.7 Å². The van der Waals surface area contributed by atoms with Gasteiger partial charge in [-0.25, -0.2) is 14.3 Å². The number of carbonyl (C=O) groups is 3. The number of halogens is 5. The predicted molar refractivity (Wildman–Crippen MR) is 146 cm³/mol. The minimum atomic E-state index is -4.69. The fraction of sp³-hybridized carbons (Fsp3) is 0.360. The Morgan fingerprint density at radius 2 is 1.80 bits per heavy atom. The van der Waals surface area contributed by atoms with Gasteiger partial charge in [-0.2, -0.15) is 18.3 Å². The molecule has 0 spiro atoms. The number of rotatable bonds is 7. The van der Waals surface area contributed by atoms with Crippen molar-refractivity contribution in [2.45, 2.75) is 45.5 Å². The zero-order valence-corrected chi connectivity index (χ0v) is 24.5. The highest BCUT2D eigenvalue weighted by Crippen LogP contribution is 2.46. The number of hydrogen-bond acceptors (Lipinski definition) is 8. The summed E-state index contributed by atoms with van der Waals surface area (Å²) >= 11 is 10.5. The number of ether oxygens (including phenoxy) is 2. The van der Waals surface area contributed by atoms with Crippen molar-refractivity contribution in [3.05, 3.63) is 61.0 Å². The van der Waals surface area contributed by atoms with Crippen LogP contribution in [0.4, 0.5) is 24.0 Å². The van der Waals surface area contributed by atoms with Gasteiger partial charge in [-0.3, -0.25) is 4.79 Å². The van der Waals surface area contributed by atoms with E-state index < -0.39 is 48.2 Å². The number of fused-ring (bicyclic) bond motifs is 1. The van der Waals surface area contributed by atoms with E-state index in [1.54, 1.807) is 38.1 Å². The first-order valence-corrected chi connectivity index (χ1v) is 14.0. The van der Waals surface area contributed by atoms with E-state index in [1.165, 1.54) is 6.92 Å². The number of hydrogen-bond donors (Lipinski definition) is 2. The third kappa shape index (κ3) is 5.84. The number of aromatic nitrogens is 2. The molecular weight excluding hydrogens is 641 g/mol. The topological polar surface area (TPSA) is 112 Å². The van der Waals surface area contributed by atoms with Crippen molar-refractivity contribution in [1.82, 2.24) is 9.78 Å². The van der Waals surface area contributed by atoms with Crippen molar-refractivity contribution in [2.75, 3.05) is 23.8 Å². The smallest absolute Gasteiger partial charge is 0.410 e. The standard InChI is InChI=1S/C25H23BrClF3N4O5S/c1-4-38-23(36)16-11(3)19(24(37)39-5-2)40-22(16)32-21(35)18-17(27)20-31-14(12-6-8-13(26)9-7-12)10-15(25(28,29)30)34(20)33-18/h6-9,14-15,31H,4-5,10H2,1-3H3,(H,32,35). The van der Waals surface area contributed by atoms with Gasteiger partial charge in [0.05, 0.1) is 24.8 Å². The maximum Gasteiger partial charge on any atom is 0.410 e. The summed E-state index contributed by atoms with van der Waals surface area (Å²) in [6.45, 7) is 4.80. The molecule has 0 radical (unpaired) electrons. The molecular formula is C25H23BrClF3N4O5S. The molecule has 3 heterocycles. The van der Waals surface area contributed by atoms with E-state index in [0.717, 1.165) is 15.8 Å². The quantitative estimate of drug-likeness (QED) is 0.264. The molecule has 0 saturated heterocycles. The first-order chi connectivity index (χ1) is 18.9. The molecule has 2 N–H and O–H groups in total. The largest absolute Gasteiger partial charge is 0.462 e. The molecule has 40 heavy (non-hydrogen) atoms. The van der Waals surface area contributed by atoms with Crippen molar-refractivity contribution in [3.8, 4) is 0 Å². The molecule has 15 heteroatoms. The third-order valence-electron chi connectivity index (χ3n) is 6.10. The van der Waals surface area contributed by atoms with Crippen LogP contribution in [0.3, 0.4) is 0 Å². The summed E-state index contributed by atoms with van der Waals surface area (Å²) in [7, 11) is 0. The molecule has 1 amide bonds. The van der Waals surface area contributed by atoms with Crippen molar-refractivity contribution in [2.24, 2.45) is 0 Å². The monoisotopic (exact) mass is 662 g/mol. The highest BCUT2D eigenvalue weighted by atomic mass is 79.9. The minimum Gasteiger partial charge on any atom is -0.462 e. The second-order valence-electron chi connectivity index (χ2n) is 8.65. The van der Waals surface area contributed by atoms with E-state index in [9.17, 15) is 27.6 Å². The summed E-state index contributed by atoms with van der Waals surface area (Å²) in [5, 5.41) is 8.98. The van der Waals surface area contributed by atoms with Gasteiger partial charge in [-0.15, -0.1) is 11.3 Å². The van der Waals surface area contributed by atoms with Crippen LogP contribution in [-0.4, -0.2) is 47.0 Å². The van der Waals surface area contributed by atoms with E-state index in [1.807, 2.05) is 0 Å². The number of nitrogens with zero attached hydrogens (tertiary/aromatic N) is 2. The zero-order valence-electron chi connectivity index (χ0n) is 21.3. The van der Waals surface area contributed by atoms with Crippen LogP contribution in [-0.2, 0) is 9.47 Å². The summed E-state index contributed by atoms with van der Waals surface area (Å²) < 4.78 is 53.9. The van der Waals surface area contributed by atoms with Gasteiger partial charge in [0.25, 0.3) is 5.91 Å². The number of esters is 2.